The topological polar surface area (TPSA) is 224 Å². The fraction of sp³-hybridized carbons (Fsp3) is 0.357. The second-order valence-electron chi connectivity index (χ2n) is 9.70. The standard InChI is InChI=1S/C28H31N5O9/c1-16-23(25(35)36)24(18-7-5-8-20(12-18)33(40)41)28(27(38)39,17(2)32-16)26(37)31-11-10-30-14-21(34)15-42-22-9-4-3-6-19(22)13-29/h3-9,12,17,21,24,30,32,34H,10-11,14-15H2,1-2H3,(H,31,37)(H,35,36)(H,38,39). The van der Waals surface area contributed by atoms with Gasteiger partial charge in [-0.05, 0) is 31.5 Å². The van der Waals surface area contributed by atoms with Crippen molar-refractivity contribution in [1.29, 1.82) is 5.26 Å². The van der Waals surface area contributed by atoms with Gasteiger partial charge in [-0.1, -0.05) is 24.3 Å². The van der Waals surface area contributed by atoms with Crippen LogP contribution >= 0.6 is 0 Å². The number of nitriles is 1. The first kappa shape index (κ1) is 31.5. The lowest BCUT2D eigenvalue weighted by molar-refractivity contribution is -0.384. The van der Waals surface area contributed by atoms with E-state index in [1.165, 1.54) is 32.0 Å². The van der Waals surface area contributed by atoms with Gasteiger partial charge in [0.2, 0.25) is 5.91 Å². The molecule has 0 aromatic heterocycles. The number of benzene rings is 2. The van der Waals surface area contributed by atoms with E-state index in [1.807, 2.05) is 6.07 Å². The smallest absolute Gasteiger partial charge is 0.333 e. The number of aliphatic hydroxyl groups is 1. The summed E-state index contributed by atoms with van der Waals surface area (Å²) < 4.78 is 5.48. The SMILES string of the molecule is CC1=C(C(=O)O)C(c2cccc([N+](=O)[O-])c2)C(C(=O)O)(C(=O)NCCNCC(O)COc2ccccc2C#N)C(C)N1. The molecule has 14 nitrogen and oxygen atoms in total. The number of allylic oxidation sites excluding steroid dienone is 1. The van der Waals surface area contributed by atoms with Crippen LogP contribution in [-0.2, 0) is 14.4 Å². The maximum Gasteiger partial charge on any atom is 0.333 e. The van der Waals surface area contributed by atoms with Crippen molar-refractivity contribution in [2.75, 3.05) is 26.2 Å². The number of non-ortho nitro benzene ring substituents is 1. The largest absolute Gasteiger partial charge is 0.489 e. The number of nitro groups is 1. The van der Waals surface area contributed by atoms with Gasteiger partial charge in [0.1, 0.15) is 24.5 Å². The molecule has 0 bridgehead atoms. The lowest BCUT2D eigenvalue weighted by atomic mass is 9.61. The Hall–Kier alpha value is -5.00. The molecule has 4 atom stereocenters. The molecular weight excluding hydrogens is 550 g/mol. The van der Waals surface area contributed by atoms with Gasteiger partial charge in [-0.3, -0.25) is 19.7 Å². The summed E-state index contributed by atoms with van der Waals surface area (Å²) in [7, 11) is 0. The molecule has 3 rings (SSSR count). The Morgan fingerprint density at radius 3 is 2.55 bits per heavy atom. The van der Waals surface area contributed by atoms with Crippen molar-refractivity contribution < 1.29 is 39.4 Å². The highest BCUT2D eigenvalue weighted by molar-refractivity contribution is 6.07. The highest BCUT2D eigenvalue weighted by Crippen LogP contribution is 2.49. The average molecular weight is 582 g/mol. The summed E-state index contributed by atoms with van der Waals surface area (Å²) in [5.74, 6) is -5.31. The van der Waals surface area contributed by atoms with E-state index in [1.54, 1.807) is 24.3 Å². The van der Waals surface area contributed by atoms with Crippen molar-refractivity contribution in [2.45, 2.75) is 31.9 Å². The Labute approximate surface area is 240 Å². The summed E-state index contributed by atoms with van der Waals surface area (Å²) in [4.78, 5) is 49.6. The predicted octanol–water partition coefficient (Wildman–Crippen LogP) is 1.12. The Kier molecular flexibility index (Phi) is 10.2. The molecule has 1 amide bonds. The number of carbonyl (C=O) groups excluding carboxylic acids is 1. The lowest BCUT2D eigenvalue weighted by Gasteiger charge is -2.45. The van der Waals surface area contributed by atoms with Crippen LogP contribution in [0, 0.1) is 26.9 Å². The van der Waals surface area contributed by atoms with Crippen molar-refractivity contribution in [2.24, 2.45) is 5.41 Å². The van der Waals surface area contributed by atoms with Gasteiger partial charge in [-0.2, -0.15) is 5.26 Å². The van der Waals surface area contributed by atoms with Crippen LogP contribution in [0.25, 0.3) is 0 Å². The van der Waals surface area contributed by atoms with E-state index in [4.69, 9.17) is 10.00 Å². The van der Waals surface area contributed by atoms with Crippen LogP contribution in [0.4, 0.5) is 5.69 Å². The summed E-state index contributed by atoms with van der Waals surface area (Å²) >= 11 is 0. The van der Waals surface area contributed by atoms with Crippen molar-refractivity contribution in [1.82, 2.24) is 16.0 Å². The molecule has 222 valence electrons. The summed E-state index contributed by atoms with van der Waals surface area (Å²) in [5, 5.41) is 59.5. The molecule has 2 aromatic carbocycles. The first-order valence-electron chi connectivity index (χ1n) is 12.9. The fourth-order valence-corrected chi connectivity index (χ4v) is 5.08. The number of rotatable bonds is 13. The van der Waals surface area contributed by atoms with Crippen LogP contribution < -0.4 is 20.7 Å². The van der Waals surface area contributed by atoms with Crippen LogP contribution in [0.1, 0.15) is 30.9 Å². The third-order valence-corrected chi connectivity index (χ3v) is 7.04. The molecule has 4 unspecified atom stereocenters. The number of carboxylic acid groups (broad SMARTS) is 2. The zero-order valence-corrected chi connectivity index (χ0v) is 22.9. The molecule has 42 heavy (non-hydrogen) atoms. The predicted molar refractivity (Wildman–Crippen MR) is 147 cm³/mol. The van der Waals surface area contributed by atoms with E-state index in [0.29, 0.717) is 11.3 Å². The number of aliphatic carboxylic acids is 2. The molecular formula is C28H31N5O9. The number of ether oxygens (including phenoxy) is 1. The van der Waals surface area contributed by atoms with E-state index in [9.17, 15) is 39.8 Å². The molecule has 0 aliphatic carbocycles. The number of carbonyl (C=O) groups is 3. The van der Waals surface area contributed by atoms with Crippen molar-refractivity contribution in [3.05, 3.63) is 81.0 Å². The van der Waals surface area contributed by atoms with Gasteiger partial charge in [0.05, 0.1) is 16.1 Å². The number of hydrogen-bond acceptors (Lipinski definition) is 10. The lowest BCUT2D eigenvalue weighted by Crippen LogP contribution is -2.63. The molecule has 0 fully saturated rings. The molecule has 1 aliphatic rings. The number of hydrogen-bond donors (Lipinski definition) is 6. The van der Waals surface area contributed by atoms with Crippen LogP contribution in [0.2, 0.25) is 0 Å². The second-order valence-corrected chi connectivity index (χ2v) is 9.70. The second kappa shape index (κ2) is 13.6. The van der Waals surface area contributed by atoms with Crippen molar-refractivity contribution in [3.8, 4) is 11.8 Å². The normalized spacial score (nSPS) is 20.5. The number of amides is 1. The average Bonchev–Trinajstić information content (AvgIpc) is 2.95. The van der Waals surface area contributed by atoms with Gasteiger partial charge >= 0.3 is 11.9 Å². The van der Waals surface area contributed by atoms with E-state index < -0.39 is 51.8 Å². The number of para-hydroxylation sites is 1. The first-order valence-corrected chi connectivity index (χ1v) is 12.9. The molecule has 1 aliphatic heterocycles. The van der Waals surface area contributed by atoms with Gasteiger partial charge in [0.15, 0.2) is 5.41 Å². The first-order chi connectivity index (χ1) is 19.9. The van der Waals surface area contributed by atoms with Crippen LogP contribution in [0.3, 0.4) is 0 Å². The number of aliphatic hydroxyl groups excluding tert-OH is 1. The van der Waals surface area contributed by atoms with Gasteiger partial charge in [0.25, 0.3) is 5.69 Å². The maximum absolute atomic E-state index is 13.7. The minimum atomic E-state index is -2.38. The highest BCUT2D eigenvalue weighted by Gasteiger charge is 2.61. The van der Waals surface area contributed by atoms with E-state index in [2.05, 4.69) is 16.0 Å². The van der Waals surface area contributed by atoms with E-state index >= 15 is 0 Å². The summed E-state index contributed by atoms with van der Waals surface area (Å²) in [6.07, 6.45) is -0.968. The minimum Gasteiger partial charge on any atom is -0.489 e. The zero-order chi connectivity index (χ0) is 31.0. The van der Waals surface area contributed by atoms with Crippen LogP contribution in [0.15, 0.2) is 59.8 Å². The number of carboxylic acids is 2. The summed E-state index contributed by atoms with van der Waals surface area (Å²) in [6.45, 7) is 2.83. The van der Waals surface area contributed by atoms with Crippen molar-refractivity contribution >= 4 is 23.5 Å². The monoisotopic (exact) mass is 581 g/mol. The molecule has 14 heteroatoms. The Morgan fingerprint density at radius 2 is 1.90 bits per heavy atom. The van der Waals surface area contributed by atoms with Gasteiger partial charge < -0.3 is 36.0 Å². The summed E-state index contributed by atoms with van der Waals surface area (Å²) in [5.41, 5.74) is -2.73. The van der Waals surface area contributed by atoms with Crippen LogP contribution in [-0.4, -0.2) is 76.5 Å². The quantitative estimate of drug-likeness (QED) is 0.0847. The molecule has 1 heterocycles. The number of nitrogens with one attached hydrogen (secondary N) is 3. The van der Waals surface area contributed by atoms with E-state index in [-0.39, 0.29) is 43.2 Å². The van der Waals surface area contributed by atoms with Gasteiger partial charge in [0, 0.05) is 49.4 Å². The third kappa shape index (κ3) is 6.48. The highest BCUT2D eigenvalue weighted by atomic mass is 16.6. The minimum absolute atomic E-state index is 0.00827. The Morgan fingerprint density at radius 1 is 1.19 bits per heavy atom. The molecule has 2 aromatic rings. The molecule has 0 radical (unpaired) electrons. The molecule has 0 saturated heterocycles. The van der Waals surface area contributed by atoms with Gasteiger partial charge in [-0.25, -0.2) is 4.79 Å². The molecule has 6 N–H and O–H groups in total. The Bertz CT molecular complexity index is 1440. The Balaban J connectivity index is 1.75. The number of nitrogens with zero attached hydrogens (tertiary/aromatic N) is 2. The van der Waals surface area contributed by atoms with Crippen molar-refractivity contribution in [3.63, 3.8) is 0 Å². The molecule has 0 spiro atoms. The fourth-order valence-electron chi connectivity index (χ4n) is 5.08. The summed E-state index contributed by atoms with van der Waals surface area (Å²) in [6, 6.07) is 12.3. The third-order valence-electron chi connectivity index (χ3n) is 7.04. The van der Waals surface area contributed by atoms with E-state index in [0.717, 1.165) is 6.07 Å². The van der Waals surface area contributed by atoms with Crippen LogP contribution in [0.5, 0.6) is 5.75 Å². The number of nitro benzene ring substituents is 1. The van der Waals surface area contributed by atoms with Gasteiger partial charge in [-0.15, -0.1) is 0 Å². The zero-order valence-electron chi connectivity index (χ0n) is 22.9. The molecule has 0 saturated carbocycles. The maximum atomic E-state index is 13.7.